The van der Waals surface area contributed by atoms with Crippen LogP contribution in [-0.4, -0.2) is 39.1 Å². The van der Waals surface area contributed by atoms with Gasteiger partial charge in [-0.05, 0) is 25.8 Å². The van der Waals surface area contributed by atoms with Gasteiger partial charge in [0, 0.05) is 31.9 Å². The summed E-state index contributed by atoms with van der Waals surface area (Å²) < 4.78 is 28.5. The molecule has 118 valence electrons. The molecule has 21 heavy (non-hydrogen) atoms. The number of benzene rings is 1. The Morgan fingerprint density at radius 2 is 1.95 bits per heavy atom. The number of hydrogen-bond acceptors (Lipinski definition) is 4. The van der Waals surface area contributed by atoms with Crippen LogP contribution in [0.5, 0.6) is 0 Å². The first-order valence-electron chi connectivity index (χ1n) is 7.38. The van der Waals surface area contributed by atoms with Gasteiger partial charge in [0.1, 0.15) is 0 Å². The zero-order chi connectivity index (χ0) is 15.5. The van der Waals surface area contributed by atoms with E-state index in [0.717, 1.165) is 19.6 Å². The molecule has 0 unspecified atom stereocenters. The SMILES string of the molecule is CC(C)(CNC[C@H]1CCO[C@@H]1c1ccccc1)S(C)(=O)=O. The van der Waals surface area contributed by atoms with Crippen LogP contribution in [0.25, 0.3) is 0 Å². The van der Waals surface area contributed by atoms with Crippen LogP contribution in [0.3, 0.4) is 0 Å². The molecule has 1 aliphatic rings. The molecular weight excluding hydrogens is 286 g/mol. The molecule has 1 N–H and O–H groups in total. The van der Waals surface area contributed by atoms with Crippen LogP contribution < -0.4 is 5.32 Å². The number of sulfone groups is 1. The van der Waals surface area contributed by atoms with Gasteiger partial charge in [-0.15, -0.1) is 0 Å². The van der Waals surface area contributed by atoms with Crippen molar-refractivity contribution < 1.29 is 13.2 Å². The van der Waals surface area contributed by atoms with E-state index in [1.807, 2.05) is 18.2 Å². The minimum absolute atomic E-state index is 0.111. The molecule has 0 spiro atoms. The third-order valence-electron chi connectivity index (χ3n) is 4.30. The number of nitrogens with one attached hydrogen (secondary N) is 1. The lowest BCUT2D eigenvalue weighted by atomic mass is 9.95. The quantitative estimate of drug-likeness (QED) is 0.875. The summed E-state index contributed by atoms with van der Waals surface area (Å²) in [6, 6.07) is 10.2. The first-order valence-corrected chi connectivity index (χ1v) is 9.27. The van der Waals surface area contributed by atoms with Crippen LogP contribution >= 0.6 is 0 Å². The van der Waals surface area contributed by atoms with Crippen molar-refractivity contribution >= 4 is 9.84 Å². The summed E-state index contributed by atoms with van der Waals surface area (Å²) in [4.78, 5) is 0. The summed E-state index contributed by atoms with van der Waals surface area (Å²) in [5.41, 5.74) is 1.20. The van der Waals surface area contributed by atoms with Crippen molar-refractivity contribution in [3.8, 4) is 0 Å². The Bertz CT molecular complexity index is 554. The molecule has 1 saturated heterocycles. The predicted octanol–water partition coefficient (Wildman–Crippen LogP) is 2.18. The maximum absolute atomic E-state index is 11.7. The monoisotopic (exact) mass is 311 g/mol. The van der Waals surface area contributed by atoms with Gasteiger partial charge in [0.15, 0.2) is 9.84 Å². The summed E-state index contributed by atoms with van der Waals surface area (Å²) in [6.07, 6.45) is 2.41. The first kappa shape index (κ1) is 16.5. The molecule has 0 aliphatic carbocycles. The Hall–Kier alpha value is -0.910. The van der Waals surface area contributed by atoms with Crippen molar-refractivity contribution in [1.82, 2.24) is 5.32 Å². The van der Waals surface area contributed by atoms with Gasteiger partial charge < -0.3 is 10.1 Å². The molecular formula is C16H25NO3S. The van der Waals surface area contributed by atoms with E-state index in [2.05, 4.69) is 17.4 Å². The van der Waals surface area contributed by atoms with Crippen molar-refractivity contribution in [3.63, 3.8) is 0 Å². The van der Waals surface area contributed by atoms with Crippen molar-refractivity contribution in [1.29, 1.82) is 0 Å². The van der Waals surface area contributed by atoms with E-state index in [9.17, 15) is 8.42 Å². The first-order chi connectivity index (χ1) is 9.81. The summed E-state index contributed by atoms with van der Waals surface area (Å²) in [7, 11) is -3.06. The van der Waals surface area contributed by atoms with Gasteiger partial charge in [-0.3, -0.25) is 0 Å². The van der Waals surface area contributed by atoms with Gasteiger partial charge in [-0.2, -0.15) is 0 Å². The van der Waals surface area contributed by atoms with Crippen LogP contribution in [-0.2, 0) is 14.6 Å². The summed E-state index contributed by atoms with van der Waals surface area (Å²) in [5.74, 6) is 0.391. The van der Waals surface area contributed by atoms with Crippen LogP contribution in [0, 0.1) is 5.92 Å². The predicted molar refractivity (Wildman–Crippen MR) is 85.0 cm³/mol. The number of ether oxygens (including phenoxy) is 1. The third-order valence-corrected chi connectivity index (χ3v) is 6.46. The van der Waals surface area contributed by atoms with E-state index >= 15 is 0 Å². The summed E-state index contributed by atoms with van der Waals surface area (Å²) in [6.45, 7) is 5.52. The second-order valence-electron chi connectivity index (χ2n) is 6.41. The van der Waals surface area contributed by atoms with Crippen LogP contribution in [0.2, 0.25) is 0 Å². The topological polar surface area (TPSA) is 55.4 Å². The van der Waals surface area contributed by atoms with E-state index in [4.69, 9.17) is 4.74 Å². The highest BCUT2D eigenvalue weighted by Gasteiger charge is 2.32. The van der Waals surface area contributed by atoms with Gasteiger partial charge in [0.25, 0.3) is 0 Å². The second-order valence-corrected chi connectivity index (χ2v) is 9.06. The third kappa shape index (κ3) is 4.05. The lowest BCUT2D eigenvalue weighted by molar-refractivity contribution is 0.0904. The Balaban J connectivity index is 1.91. The molecule has 0 aromatic heterocycles. The normalized spacial score (nSPS) is 23.4. The van der Waals surface area contributed by atoms with Gasteiger partial charge in [0.05, 0.1) is 10.9 Å². The van der Waals surface area contributed by atoms with Crippen molar-refractivity contribution in [2.24, 2.45) is 5.92 Å². The standard InChI is InChI=1S/C16H25NO3S/c1-16(2,21(3,18)19)12-17-11-14-9-10-20-15(14)13-7-5-4-6-8-13/h4-8,14-15,17H,9-12H2,1-3H3/t14-,15-/m1/s1. The van der Waals surface area contributed by atoms with Crippen molar-refractivity contribution in [3.05, 3.63) is 35.9 Å². The molecule has 5 heteroatoms. The highest BCUT2D eigenvalue weighted by atomic mass is 32.2. The molecule has 0 amide bonds. The lowest BCUT2D eigenvalue weighted by Gasteiger charge is -2.25. The van der Waals surface area contributed by atoms with E-state index in [1.54, 1.807) is 13.8 Å². The molecule has 0 bridgehead atoms. The van der Waals surface area contributed by atoms with Crippen molar-refractivity contribution in [2.75, 3.05) is 26.0 Å². The average molecular weight is 311 g/mol. The molecule has 1 aliphatic heterocycles. The molecule has 1 fully saturated rings. The largest absolute Gasteiger partial charge is 0.373 e. The highest BCUT2D eigenvalue weighted by Crippen LogP contribution is 2.33. The summed E-state index contributed by atoms with van der Waals surface area (Å²) in [5, 5.41) is 3.31. The maximum atomic E-state index is 11.7. The highest BCUT2D eigenvalue weighted by molar-refractivity contribution is 7.92. The fraction of sp³-hybridized carbons (Fsp3) is 0.625. The fourth-order valence-electron chi connectivity index (χ4n) is 2.54. The Morgan fingerprint density at radius 3 is 2.57 bits per heavy atom. The molecule has 0 radical (unpaired) electrons. The zero-order valence-electron chi connectivity index (χ0n) is 13.0. The molecule has 4 nitrogen and oxygen atoms in total. The van der Waals surface area contributed by atoms with Crippen molar-refractivity contribution in [2.45, 2.75) is 31.1 Å². The van der Waals surface area contributed by atoms with Crippen LogP contribution in [0.4, 0.5) is 0 Å². The lowest BCUT2D eigenvalue weighted by Crippen LogP contribution is -2.43. The number of rotatable bonds is 6. The van der Waals surface area contributed by atoms with Gasteiger partial charge >= 0.3 is 0 Å². The second kappa shape index (κ2) is 6.46. The smallest absolute Gasteiger partial charge is 0.153 e. The fourth-order valence-corrected chi connectivity index (χ4v) is 2.91. The van der Waals surface area contributed by atoms with E-state index < -0.39 is 14.6 Å². The molecule has 1 heterocycles. The Kier molecular flexibility index (Phi) is 5.07. The van der Waals surface area contributed by atoms with Gasteiger partial charge in [-0.25, -0.2) is 8.42 Å². The molecule has 1 aromatic carbocycles. The minimum Gasteiger partial charge on any atom is -0.373 e. The van der Waals surface area contributed by atoms with Crippen LogP contribution in [0.15, 0.2) is 30.3 Å². The van der Waals surface area contributed by atoms with Crippen LogP contribution in [0.1, 0.15) is 31.9 Å². The Morgan fingerprint density at radius 1 is 1.29 bits per heavy atom. The minimum atomic E-state index is -3.06. The molecule has 2 rings (SSSR count). The zero-order valence-corrected chi connectivity index (χ0v) is 13.8. The maximum Gasteiger partial charge on any atom is 0.153 e. The van der Waals surface area contributed by atoms with E-state index in [0.29, 0.717) is 12.5 Å². The molecule has 1 aromatic rings. The van der Waals surface area contributed by atoms with E-state index in [1.165, 1.54) is 11.8 Å². The molecule has 0 saturated carbocycles. The average Bonchev–Trinajstić information content (AvgIpc) is 2.86. The number of hydrogen-bond donors (Lipinski definition) is 1. The van der Waals surface area contributed by atoms with Gasteiger partial charge in [-0.1, -0.05) is 30.3 Å². The van der Waals surface area contributed by atoms with E-state index in [-0.39, 0.29) is 6.10 Å². The summed E-state index contributed by atoms with van der Waals surface area (Å²) >= 11 is 0. The Labute approximate surface area is 127 Å². The van der Waals surface area contributed by atoms with Gasteiger partial charge in [0.2, 0.25) is 0 Å². The molecule has 2 atom stereocenters.